The van der Waals surface area contributed by atoms with Gasteiger partial charge in [-0.3, -0.25) is 0 Å². The monoisotopic (exact) mass is 281 g/mol. The van der Waals surface area contributed by atoms with E-state index in [0.29, 0.717) is 0 Å². The van der Waals surface area contributed by atoms with Crippen molar-refractivity contribution in [3.8, 4) is 0 Å². The maximum atomic E-state index is 5.97. The molecule has 4 heteroatoms. The summed E-state index contributed by atoms with van der Waals surface area (Å²) in [5.41, 5.74) is 0. The number of hydrogen-bond donors (Lipinski definition) is 0. The van der Waals surface area contributed by atoms with Crippen LogP contribution in [0.3, 0.4) is 0 Å². The summed E-state index contributed by atoms with van der Waals surface area (Å²) in [5.74, 6) is 0.940. The van der Waals surface area contributed by atoms with E-state index < -0.39 is 8.32 Å². The van der Waals surface area contributed by atoms with Crippen LogP contribution in [0.5, 0.6) is 0 Å². The maximum Gasteiger partial charge on any atom is 0.255 e. The Kier molecular flexibility index (Phi) is 4.78. The topological polar surface area (TPSA) is 18.5 Å². The van der Waals surface area contributed by atoms with Gasteiger partial charge in [-0.2, -0.15) is 4.74 Å². The minimum absolute atomic E-state index is 0.00281. The second kappa shape index (κ2) is 6.15. The van der Waals surface area contributed by atoms with Gasteiger partial charge < -0.3 is 4.43 Å². The second-order valence-corrected chi connectivity index (χ2v) is 11.0. The summed E-state index contributed by atoms with van der Waals surface area (Å²) in [6.45, 7) is 6.60. The number of hydrogen-bond acceptors (Lipinski definition) is 3. The summed E-state index contributed by atoms with van der Waals surface area (Å²) < 4.78 is 11.8. The minimum atomic E-state index is -1.48. The zero-order chi connectivity index (χ0) is 13.0. The number of ether oxygens (including phenoxy) is 1. The Hall–Kier alpha value is -0.423. The molecular formula is C14H21O2SSi+. The molecule has 1 aromatic carbocycles. The highest BCUT2D eigenvalue weighted by molar-refractivity contribution is 7.99. The number of rotatable bonds is 5. The van der Waals surface area contributed by atoms with Crippen LogP contribution in [0.2, 0.25) is 19.6 Å². The van der Waals surface area contributed by atoms with Crippen molar-refractivity contribution < 1.29 is 9.16 Å². The van der Waals surface area contributed by atoms with Gasteiger partial charge in [0, 0.05) is 11.3 Å². The molecule has 2 rings (SSSR count). The first-order valence-corrected chi connectivity index (χ1v) is 10.8. The van der Waals surface area contributed by atoms with Gasteiger partial charge in [-0.1, -0.05) is 30.0 Å². The summed E-state index contributed by atoms with van der Waals surface area (Å²) >= 11 is 1.83. The molecule has 0 amide bonds. The Morgan fingerprint density at radius 3 is 2.72 bits per heavy atom. The Labute approximate surface area is 115 Å². The lowest BCUT2D eigenvalue weighted by Crippen LogP contribution is -2.31. The second-order valence-electron chi connectivity index (χ2n) is 5.46. The van der Waals surface area contributed by atoms with Crippen LogP contribution < -0.4 is 0 Å². The molecule has 1 unspecified atom stereocenters. The fourth-order valence-electron chi connectivity index (χ4n) is 1.85. The van der Waals surface area contributed by atoms with E-state index in [0.717, 1.165) is 18.6 Å². The zero-order valence-electron chi connectivity index (χ0n) is 11.3. The fourth-order valence-corrected chi connectivity index (χ4v) is 3.69. The Morgan fingerprint density at radius 1 is 1.33 bits per heavy atom. The predicted molar refractivity (Wildman–Crippen MR) is 78.9 cm³/mol. The van der Waals surface area contributed by atoms with Gasteiger partial charge in [0.15, 0.2) is 14.1 Å². The molecule has 0 bridgehead atoms. The molecule has 1 saturated heterocycles. The molecule has 1 aromatic rings. The van der Waals surface area contributed by atoms with E-state index in [1.165, 1.54) is 11.0 Å². The highest BCUT2D eigenvalue weighted by Gasteiger charge is 2.39. The van der Waals surface area contributed by atoms with Crippen molar-refractivity contribution in [1.82, 2.24) is 0 Å². The lowest BCUT2D eigenvalue weighted by molar-refractivity contribution is -0.0389. The molecule has 98 valence electrons. The summed E-state index contributed by atoms with van der Waals surface area (Å²) in [6, 6.07) is 10.5. The maximum absolute atomic E-state index is 5.97. The third kappa shape index (κ3) is 4.69. The van der Waals surface area contributed by atoms with Crippen molar-refractivity contribution in [2.75, 3.05) is 5.75 Å². The van der Waals surface area contributed by atoms with Crippen LogP contribution in [-0.4, -0.2) is 20.4 Å². The quantitative estimate of drug-likeness (QED) is 0.455. The van der Waals surface area contributed by atoms with Gasteiger partial charge in [0.1, 0.15) is 6.42 Å². The molecule has 2 nitrogen and oxygen atoms in total. The van der Waals surface area contributed by atoms with Gasteiger partial charge in [0.05, 0.1) is 0 Å². The number of thioether (sulfide) groups is 1. The molecule has 1 aliphatic rings. The van der Waals surface area contributed by atoms with Crippen molar-refractivity contribution in [2.45, 2.75) is 43.7 Å². The SMILES string of the molecule is C[Si](C)(C)OC1CC[C+](CSc2ccccc2)O1. The highest BCUT2D eigenvalue weighted by atomic mass is 32.2. The molecule has 1 heterocycles. The van der Waals surface area contributed by atoms with E-state index in [4.69, 9.17) is 9.16 Å². The zero-order valence-corrected chi connectivity index (χ0v) is 13.1. The molecule has 18 heavy (non-hydrogen) atoms. The van der Waals surface area contributed by atoms with Crippen LogP contribution in [0.25, 0.3) is 0 Å². The Bertz CT molecular complexity index is 364. The lowest BCUT2D eigenvalue weighted by Gasteiger charge is -2.19. The van der Waals surface area contributed by atoms with E-state index in [1.54, 1.807) is 0 Å². The third-order valence-corrected chi connectivity index (χ3v) is 4.63. The van der Waals surface area contributed by atoms with Gasteiger partial charge in [-0.05, 0) is 31.8 Å². The van der Waals surface area contributed by atoms with Crippen LogP contribution in [0.1, 0.15) is 12.8 Å². The van der Waals surface area contributed by atoms with Crippen molar-refractivity contribution in [3.63, 3.8) is 0 Å². The van der Waals surface area contributed by atoms with Gasteiger partial charge in [0.25, 0.3) is 6.10 Å². The Balaban J connectivity index is 1.73. The molecule has 0 aliphatic carbocycles. The van der Waals surface area contributed by atoms with Crippen LogP contribution in [-0.2, 0) is 9.16 Å². The van der Waals surface area contributed by atoms with Gasteiger partial charge >= 0.3 is 0 Å². The van der Waals surface area contributed by atoms with E-state index in [9.17, 15) is 0 Å². The normalized spacial score (nSPS) is 20.4. The molecule has 0 radical (unpaired) electrons. The fraction of sp³-hybridized carbons (Fsp3) is 0.500. The number of benzene rings is 1. The smallest absolute Gasteiger partial charge is 0.255 e. The largest absolute Gasteiger partial charge is 0.390 e. The van der Waals surface area contributed by atoms with Crippen LogP contribution in [0.4, 0.5) is 0 Å². The molecule has 0 saturated carbocycles. The average molecular weight is 281 g/mol. The van der Waals surface area contributed by atoms with Crippen molar-refractivity contribution in [2.24, 2.45) is 0 Å². The molecular weight excluding hydrogens is 260 g/mol. The first-order chi connectivity index (χ1) is 8.53. The van der Waals surface area contributed by atoms with E-state index in [1.807, 2.05) is 17.8 Å². The van der Waals surface area contributed by atoms with E-state index in [2.05, 4.69) is 43.9 Å². The highest BCUT2D eigenvalue weighted by Crippen LogP contribution is 2.32. The third-order valence-electron chi connectivity index (χ3n) is 2.59. The van der Waals surface area contributed by atoms with Gasteiger partial charge in [0.2, 0.25) is 6.29 Å². The first-order valence-electron chi connectivity index (χ1n) is 6.40. The van der Waals surface area contributed by atoms with Gasteiger partial charge in [-0.15, -0.1) is 0 Å². The van der Waals surface area contributed by atoms with Crippen molar-refractivity contribution in [3.05, 3.63) is 36.4 Å². The van der Waals surface area contributed by atoms with E-state index >= 15 is 0 Å². The summed E-state index contributed by atoms with van der Waals surface area (Å²) in [4.78, 5) is 1.29. The van der Waals surface area contributed by atoms with Crippen LogP contribution >= 0.6 is 11.8 Å². The van der Waals surface area contributed by atoms with Crippen molar-refractivity contribution >= 4 is 20.1 Å². The lowest BCUT2D eigenvalue weighted by atomic mass is 10.3. The van der Waals surface area contributed by atoms with Crippen molar-refractivity contribution in [1.29, 1.82) is 0 Å². The molecule has 0 N–H and O–H groups in total. The molecule has 1 fully saturated rings. The Morgan fingerprint density at radius 2 is 2.06 bits per heavy atom. The predicted octanol–water partition coefficient (Wildman–Crippen LogP) is 4.30. The molecule has 0 aromatic heterocycles. The van der Waals surface area contributed by atoms with Gasteiger partial charge in [-0.25, -0.2) is 0 Å². The average Bonchev–Trinajstić information content (AvgIpc) is 2.73. The molecule has 0 spiro atoms. The standard InChI is InChI=1S/C14H21O2SSi/c1-18(2,3)16-14-10-9-12(15-14)11-17-13-7-5-4-6-8-13/h4-8,14H,9-11H2,1-3H3/q+1. The van der Waals surface area contributed by atoms with Crippen LogP contribution in [0.15, 0.2) is 35.2 Å². The molecule has 1 aliphatic heterocycles. The summed E-state index contributed by atoms with van der Waals surface area (Å²) in [6.07, 6.45) is 3.22. The molecule has 1 atom stereocenters. The summed E-state index contributed by atoms with van der Waals surface area (Å²) in [5, 5.41) is 0. The van der Waals surface area contributed by atoms with Crippen LogP contribution in [0, 0.1) is 6.10 Å². The van der Waals surface area contributed by atoms with E-state index in [-0.39, 0.29) is 6.29 Å². The minimum Gasteiger partial charge on any atom is -0.390 e. The summed E-state index contributed by atoms with van der Waals surface area (Å²) in [7, 11) is -1.48. The first kappa shape index (κ1) is 14.0.